The molecule has 148 valence electrons. The number of carbonyl (C=O) groups excluding carboxylic acids is 2. The number of hydrogen-bond donors (Lipinski definition) is 1. The van der Waals surface area contributed by atoms with Crippen LogP contribution < -0.4 is 10.1 Å². The van der Waals surface area contributed by atoms with Gasteiger partial charge in [-0.05, 0) is 36.8 Å². The summed E-state index contributed by atoms with van der Waals surface area (Å²) in [5.74, 6) is 1.43. The van der Waals surface area contributed by atoms with Gasteiger partial charge in [0, 0.05) is 33.2 Å². The molecule has 1 N–H and O–H groups in total. The molecule has 2 aromatic rings. The number of amides is 2. The van der Waals surface area contributed by atoms with Crippen molar-refractivity contribution in [3.05, 3.63) is 60.2 Å². The predicted molar refractivity (Wildman–Crippen MR) is 108 cm³/mol. The van der Waals surface area contributed by atoms with Gasteiger partial charge in [-0.15, -0.1) is 0 Å². The van der Waals surface area contributed by atoms with Gasteiger partial charge in [-0.25, -0.2) is 0 Å². The third kappa shape index (κ3) is 5.10. The first-order valence-corrected chi connectivity index (χ1v) is 9.64. The van der Waals surface area contributed by atoms with E-state index in [0.717, 1.165) is 17.1 Å². The smallest absolute Gasteiger partial charge is 0.237 e. The van der Waals surface area contributed by atoms with Crippen LogP contribution in [0, 0.1) is 0 Å². The molecule has 1 aliphatic rings. The fraction of sp³-hybridized carbons (Fsp3) is 0.364. The second-order valence-corrected chi connectivity index (χ2v) is 6.95. The minimum absolute atomic E-state index is 0.0179. The normalized spacial score (nSPS) is 17.1. The third-order valence-electron chi connectivity index (χ3n) is 4.97. The quantitative estimate of drug-likeness (QED) is 0.801. The Balaban J connectivity index is 1.70. The van der Waals surface area contributed by atoms with E-state index in [1.165, 1.54) is 0 Å². The number of ether oxygens (including phenoxy) is 1. The fourth-order valence-corrected chi connectivity index (χ4v) is 3.24. The van der Waals surface area contributed by atoms with Gasteiger partial charge in [0.15, 0.2) is 0 Å². The number of nitrogens with one attached hydrogen (secondary N) is 1. The van der Waals surface area contributed by atoms with Crippen molar-refractivity contribution in [2.75, 3.05) is 26.7 Å². The van der Waals surface area contributed by atoms with Gasteiger partial charge in [0.25, 0.3) is 0 Å². The number of rotatable bonds is 7. The van der Waals surface area contributed by atoms with Crippen molar-refractivity contribution < 1.29 is 14.3 Å². The maximum absolute atomic E-state index is 12.4. The lowest BCUT2D eigenvalue weighted by Crippen LogP contribution is -2.56. The molecule has 0 aliphatic carbocycles. The average molecular weight is 381 g/mol. The molecular weight excluding hydrogens is 354 g/mol. The summed E-state index contributed by atoms with van der Waals surface area (Å²) >= 11 is 0. The molecule has 6 nitrogen and oxygen atoms in total. The van der Waals surface area contributed by atoms with E-state index in [1.807, 2.05) is 61.5 Å². The summed E-state index contributed by atoms with van der Waals surface area (Å²) in [5, 5.41) is 2.88. The van der Waals surface area contributed by atoms with E-state index < -0.39 is 6.04 Å². The summed E-state index contributed by atoms with van der Waals surface area (Å²) in [5.41, 5.74) is 1.05. The van der Waals surface area contributed by atoms with Crippen molar-refractivity contribution in [1.82, 2.24) is 15.1 Å². The second kappa shape index (κ2) is 9.37. The van der Waals surface area contributed by atoms with Crippen LogP contribution in [0.2, 0.25) is 0 Å². The Bertz CT molecular complexity index is 810. The topological polar surface area (TPSA) is 61.9 Å². The number of carbonyl (C=O) groups is 2. The van der Waals surface area contributed by atoms with Gasteiger partial charge in [0.05, 0.1) is 12.5 Å². The van der Waals surface area contributed by atoms with Gasteiger partial charge < -0.3 is 15.0 Å². The molecule has 3 rings (SSSR count). The summed E-state index contributed by atoms with van der Waals surface area (Å²) in [6.07, 6.45) is 0.191. The lowest BCUT2D eigenvalue weighted by molar-refractivity contribution is -0.138. The molecule has 1 atom stereocenters. The zero-order chi connectivity index (χ0) is 19.9. The van der Waals surface area contributed by atoms with Gasteiger partial charge in [0.2, 0.25) is 11.8 Å². The Morgan fingerprint density at radius 3 is 2.68 bits per heavy atom. The minimum Gasteiger partial charge on any atom is -0.457 e. The average Bonchev–Trinajstić information content (AvgIpc) is 2.71. The van der Waals surface area contributed by atoms with Gasteiger partial charge in [-0.3, -0.25) is 14.5 Å². The van der Waals surface area contributed by atoms with Crippen molar-refractivity contribution in [2.45, 2.75) is 25.9 Å². The van der Waals surface area contributed by atoms with E-state index in [0.29, 0.717) is 26.2 Å². The van der Waals surface area contributed by atoms with Crippen LogP contribution in [-0.4, -0.2) is 54.3 Å². The van der Waals surface area contributed by atoms with E-state index in [4.69, 9.17) is 4.74 Å². The van der Waals surface area contributed by atoms with Crippen LogP contribution in [0.4, 0.5) is 0 Å². The molecule has 6 heteroatoms. The van der Waals surface area contributed by atoms with E-state index in [1.54, 1.807) is 11.9 Å². The summed E-state index contributed by atoms with van der Waals surface area (Å²) < 4.78 is 5.91. The zero-order valence-corrected chi connectivity index (χ0v) is 16.4. The van der Waals surface area contributed by atoms with E-state index >= 15 is 0 Å². The van der Waals surface area contributed by atoms with Crippen molar-refractivity contribution >= 4 is 11.8 Å². The molecule has 1 saturated heterocycles. The van der Waals surface area contributed by atoms with E-state index in [-0.39, 0.29) is 18.2 Å². The molecule has 0 spiro atoms. The molecular formula is C22H27N3O3. The minimum atomic E-state index is -0.450. The third-order valence-corrected chi connectivity index (χ3v) is 4.97. The van der Waals surface area contributed by atoms with Crippen molar-refractivity contribution in [3.63, 3.8) is 0 Å². The zero-order valence-electron chi connectivity index (χ0n) is 16.4. The lowest BCUT2D eigenvalue weighted by Gasteiger charge is -2.35. The Kier molecular flexibility index (Phi) is 6.66. The standard InChI is InChI=1S/C22H27N3O3/c1-3-24(2)21(26)15-20-22(27)23-12-13-25(20)16-17-8-7-11-19(14-17)28-18-9-5-4-6-10-18/h4-11,14,20H,3,12-13,15-16H2,1-2H3,(H,23,27). The summed E-state index contributed by atoms with van der Waals surface area (Å²) in [7, 11) is 1.76. The van der Waals surface area contributed by atoms with Crippen LogP contribution in [0.15, 0.2) is 54.6 Å². The maximum Gasteiger partial charge on any atom is 0.237 e. The first kappa shape index (κ1) is 19.9. The molecule has 2 amide bonds. The number of nitrogens with zero attached hydrogens (tertiary/aromatic N) is 2. The van der Waals surface area contributed by atoms with Crippen LogP contribution in [0.3, 0.4) is 0 Å². The monoisotopic (exact) mass is 381 g/mol. The number of benzene rings is 2. The SMILES string of the molecule is CCN(C)C(=O)CC1C(=O)NCCN1Cc1cccc(Oc2ccccc2)c1. The largest absolute Gasteiger partial charge is 0.457 e. The first-order chi connectivity index (χ1) is 13.6. The molecule has 1 heterocycles. The van der Waals surface area contributed by atoms with Crippen molar-refractivity contribution in [1.29, 1.82) is 0 Å². The molecule has 0 bridgehead atoms. The highest BCUT2D eigenvalue weighted by Gasteiger charge is 2.32. The molecule has 1 fully saturated rings. The van der Waals surface area contributed by atoms with E-state index in [2.05, 4.69) is 10.2 Å². The molecule has 0 saturated carbocycles. The molecule has 1 aliphatic heterocycles. The second-order valence-electron chi connectivity index (χ2n) is 6.95. The van der Waals surface area contributed by atoms with Crippen molar-refractivity contribution in [3.8, 4) is 11.5 Å². The summed E-state index contributed by atoms with van der Waals surface area (Å²) in [4.78, 5) is 28.5. The first-order valence-electron chi connectivity index (χ1n) is 9.64. The van der Waals surface area contributed by atoms with Crippen molar-refractivity contribution in [2.24, 2.45) is 0 Å². The fourth-order valence-electron chi connectivity index (χ4n) is 3.24. The number of para-hydroxylation sites is 1. The van der Waals surface area contributed by atoms with Crippen LogP contribution in [0.25, 0.3) is 0 Å². The molecule has 1 unspecified atom stereocenters. The number of hydrogen-bond acceptors (Lipinski definition) is 4. The van der Waals surface area contributed by atoms with Gasteiger partial charge in [0.1, 0.15) is 11.5 Å². The van der Waals surface area contributed by atoms with Gasteiger partial charge in [-0.2, -0.15) is 0 Å². The molecule has 0 radical (unpaired) electrons. The Morgan fingerprint density at radius 2 is 1.93 bits per heavy atom. The highest BCUT2D eigenvalue weighted by atomic mass is 16.5. The van der Waals surface area contributed by atoms with Crippen LogP contribution in [0.1, 0.15) is 18.9 Å². The Morgan fingerprint density at radius 1 is 1.18 bits per heavy atom. The van der Waals surface area contributed by atoms with Gasteiger partial charge in [-0.1, -0.05) is 30.3 Å². The molecule has 0 aromatic heterocycles. The maximum atomic E-state index is 12.4. The Labute approximate surface area is 166 Å². The number of piperazine rings is 1. The van der Waals surface area contributed by atoms with E-state index in [9.17, 15) is 9.59 Å². The lowest BCUT2D eigenvalue weighted by atomic mass is 10.1. The molecule has 28 heavy (non-hydrogen) atoms. The predicted octanol–water partition coefficient (Wildman–Crippen LogP) is 2.65. The van der Waals surface area contributed by atoms with Crippen LogP contribution in [-0.2, 0) is 16.1 Å². The highest BCUT2D eigenvalue weighted by molar-refractivity contribution is 5.88. The summed E-state index contributed by atoms with van der Waals surface area (Å²) in [6, 6.07) is 17.0. The summed E-state index contributed by atoms with van der Waals surface area (Å²) in [6.45, 7) is 4.45. The molecule has 2 aromatic carbocycles. The van der Waals surface area contributed by atoms with Crippen LogP contribution >= 0.6 is 0 Å². The van der Waals surface area contributed by atoms with Crippen LogP contribution in [0.5, 0.6) is 11.5 Å². The highest BCUT2D eigenvalue weighted by Crippen LogP contribution is 2.23. The van der Waals surface area contributed by atoms with Gasteiger partial charge >= 0.3 is 0 Å². The Hall–Kier alpha value is -2.86.